The van der Waals surface area contributed by atoms with Crippen LogP contribution < -0.4 is 14.8 Å². The molecule has 25 heavy (non-hydrogen) atoms. The van der Waals surface area contributed by atoms with E-state index in [1.807, 2.05) is 25.1 Å². The number of halogens is 1. The molecule has 6 heteroatoms. The molecule has 0 saturated carbocycles. The van der Waals surface area contributed by atoms with Crippen molar-refractivity contribution in [3.8, 4) is 11.5 Å². The van der Waals surface area contributed by atoms with Gasteiger partial charge in [-0.05, 0) is 56.6 Å². The van der Waals surface area contributed by atoms with Gasteiger partial charge in [-0.3, -0.25) is 4.79 Å². The van der Waals surface area contributed by atoms with Gasteiger partial charge in [0.2, 0.25) is 0 Å². The molecular weight excluding hydrogens is 350 g/mol. The third kappa shape index (κ3) is 6.05. The molecule has 0 spiro atoms. The predicted molar refractivity (Wildman–Crippen MR) is 109 cm³/mol. The van der Waals surface area contributed by atoms with Crippen LogP contribution in [0.5, 0.6) is 11.5 Å². The Bertz CT molecular complexity index is 735. The fourth-order valence-electron chi connectivity index (χ4n) is 2.21. The van der Waals surface area contributed by atoms with Crippen molar-refractivity contribution in [2.75, 3.05) is 13.7 Å². The van der Waals surface area contributed by atoms with Crippen LogP contribution in [0.1, 0.15) is 29.8 Å². The summed E-state index contributed by atoms with van der Waals surface area (Å²) in [6.45, 7) is 6.88. The SMILES string of the molecule is COc1cccc(Cl)c1C(=O)Pc1ccc(OCC(C)C)cc1C.[LiH]. The summed E-state index contributed by atoms with van der Waals surface area (Å²) in [5, 5.41) is 1.40. The molecule has 0 aliphatic carbocycles. The molecule has 1 atom stereocenters. The van der Waals surface area contributed by atoms with Gasteiger partial charge in [0, 0.05) is 0 Å². The molecular formula is C19H23ClLiO3P. The van der Waals surface area contributed by atoms with Crippen LogP contribution in [0.4, 0.5) is 0 Å². The summed E-state index contributed by atoms with van der Waals surface area (Å²) in [5.41, 5.74) is 1.45. The summed E-state index contributed by atoms with van der Waals surface area (Å²) in [4.78, 5) is 12.7. The number of rotatable bonds is 7. The maximum absolute atomic E-state index is 12.7. The Hall–Kier alpha value is -0.973. The van der Waals surface area contributed by atoms with E-state index in [0.717, 1.165) is 16.6 Å². The van der Waals surface area contributed by atoms with Gasteiger partial charge < -0.3 is 9.47 Å². The molecule has 0 aliphatic rings. The Balaban J connectivity index is 0.00000312. The van der Waals surface area contributed by atoms with E-state index >= 15 is 0 Å². The Morgan fingerprint density at radius 1 is 1.24 bits per heavy atom. The Labute approximate surface area is 168 Å². The fourth-order valence-corrected chi connectivity index (χ4v) is 3.60. The van der Waals surface area contributed by atoms with Crippen LogP contribution in [-0.4, -0.2) is 38.1 Å². The third-order valence-electron chi connectivity index (χ3n) is 3.45. The summed E-state index contributed by atoms with van der Waals surface area (Å²) in [6.07, 6.45) is 0. The quantitative estimate of drug-likeness (QED) is 0.540. The molecule has 0 bridgehead atoms. The molecule has 2 rings (SSSR count). The third-order valence-corrected chi connectivity index (χ3v) is 5.07. The van der Waals surface area contributed by atoms with Crippen molar-refractivity contribution in [1.29, 1.82) is 0 Å². The van der Waals surface area contributed by atoms with Crippen molar-refractivity contribution < 1.29 is 14.3 Å². The van der Waals surface area contributed by atoms with E-state index in [1.165, 1.54) is 7.11 Å². The van der Waals surface area contributed by atoms with Crippen molar-refractivity contribution in [2.24, 2.45) is 5.92 Å². The second-order valence-electron chi connectivity index (χ2n) is 5.95. The predicted octanol–water partition coefficient (Wildman–Crippen LogP) is 4.19. The first-order chi connectivity index (χ1) is 11.4. The van der Waals surface area contributed by atoms with Gasteiger partial charge in [-0.1, -0.05) is 37.6 Å². The first-order valence-corrected chi connectivity index (χ1v) is 9.17. The van der Waals surface area contributed by atoms with Crippen LogP contribution in [0, 0.1) is 12.8 Å². The number of aryl methyl sites for hydroxylation is 1. The number of hydrogen-bond acceptors (Lipinski definition) is 3. The summed E-state index contributed by atoms with van der Waals surface area (Å²) >= 11 is 6.19. The zero-order chi connectivity index (χ0) is 17.7. The minimum atomic E-state index is -0.0311. The van der Waals surface area contributed by atoms with Crippen LogP contribution >= 0.6 is 20.2 Å². The maximum atomic E-state index is 12.7. The molecule has 2 aromatic rings. The van der Waals surface area contributed by atoms with Gasteiger partial charge in [-0.15, -0.1) is 0 Å². The van der Waals surface area contributed by atoms with Crippen molar-refractivity contribution in [1.82, 2.24) is 0 Å². The zero-order valence-electron chi connectivity index (χ0n) is 14.4. The van der Waals surface area contributed by atoms with E-state index in [-0.39, 0.29) is 33.0 Å². The van der Waals surface area contributed by atoms with Gasteiger partial charge >= 0.3 is 18.9 Å². The number of methoxy groups -OCH3 is 1. The number of ether oxygens (including phenoxy) is 2. The van der Waals surface area contributed by atoms with E-state index in [9.17, 15) is 4.79 Å². The molecule has 0 saturated heterocycles. The zero-order valence-corrected chi connectivity index (χ0v) is 16.1. The van der Waals surface area contributed by atoms with Crippen molar-refractivity contribution >= 4 is 49.9 Å². The van der Waals surface area contributed by atoms with E-state index in [4.69, 9.17) is 21.1 Å². The van der Waals surface area contributed by atoms with Crippen LogP contribution in [-0.2, 0) is 0 Å². The molecule has 2 aromatic carbocycles. The fraction of sp³-hybridized carbons (Fsp3) is 0.316. The number of carbonyl (C=O) groups is 1. The van der Waals surface area contributed by atoms with Crippen LogP contribution in [0.3, 0.4) is 0 Å². The molecule has 130 valence electrons. The summed E-state index contributed by atoms with van der Waals surface area (Å²) in [7, 11) is 1.52. The first-order valence-electron chi connectivity index (χ1n) is 7.79. The molecule has 0 fully saturated rings. The molecule has 0 radical (unpaired) electrons. The molecule has 3 nitrogen and oxygen atoms in total. The number of hydrogen-bond donors (Lipinski definition) is 0. The van der Waals surface area contributed by atoms with Crippen LogP contribution in [0.25, 0.3) is 0 Å². The molecule has 0 aromatic heterocycles. The van der Waals surface area contributed by atoms with Crippen LogP contribution in [0.15, 0.2) is 36.4 Å². The summed E-state index contributed by atoms with van der Waals surface area (Å²) in [5.74, 6) is 1.81. The Morgan fingerprint density at radius 2 is 1.96 bits per heavy atom. The second kappa shape index (κ2) is 10.2. The van der Waals surface area contributed by atoms with E-state index in [2.05, 4.69) is 13.8 Å². The Morgan fingerprint density at radius 3 is 2.56 bits per heavy atom. The van der Waals surface area contributed by atoms with Gasteiger partial charge in [0.05, 0.1) is 24.3 Å². The van der Waals surface area contributed by atoms with Crippen molar-refractivity contribution in [2.45, 2.75) is 20.8 Å². The molecule has 0 heterocycles. The first kappa shape index (κ1) is 22.1. The van der Waals surface area contributed by atoms with Gasteiger partial charge in [0.15, 0.2) is 5.52 Å². The number of benzene rings is 2. The van der Waals surface area contributed by atoms with Crippen molar-refractivity contribution in [3.63, 3.8) is 0 Å². The van der Waals surface area contributed by atoms with Crippen LogP contribution in [0.2, 0.25) is 5.02 Å². The van der Waals surface area contributed by atoms with Crippen molar-refractivity contribution in [3.05, 3.63) is 52.5 Å². The normalized spacial score (nSPS) is 10.8. The summed E-state index contributed by atoms with van der Waals surface area (Å²) in [6, 6.07) is 11.1. The van der Waals surface area contributed by atoms with Gasteiger partial charge in [0.25, 0.3) is 0 Å². The number of carbonyl (C=O) groups excluding carboxylic acids is 1. The molecule has 1 unspecified atom stereocenters. The van der Waals surface area contributed by atoms with E-state index in [1.54, 1.807) is 18.2 Å². The average Bonchev–Trinajstić information content (AvgIpc) is 2.54. The summed E-state index contributed by atoms with van der Waals surface area (Å²) < 4.78 is 11.0. The molecule has 0 amide bonds. The molecule has 0 N–H and O–H groups in total. The van der Waals surface area contributed by atoms with E-state index < -0.39 is 0 Å². The van der Waals surface area contributed by atoms with E-state index in [0.29, 0.717) is 28.9 Å². The Kier molecular flexibility index (Phi) is 9.04. The van der Waals surface area contributed by atoms with Gasteiger partial charge in [-0.25, -0.2) is 0 Å². The standard InChI is InChI=1S/C19H22ClO3P.Li.H/c1-12(2)11-23-14-8-9-17(13(3)10-14)24-19(21)18-15(20)6-5-7-16(18)22-4;;/h5-10,12,24H,11H2,1-4H3;;. The molecule has 0 aliphatic heterocycles. The monoisotopic (exact) mass is 372 g/mol. The second-order valence-corrected chi connectivity index (χ2v) is 7.60. The minimum absolute atomic E-state index is 0. The van der Waals surface area contributed by atoms with Gasteiger partial charge in [-0.2, -0.15) is 0 Å². The average molecular weight is 373 g/mol. The van der Waals surface area contributed by atoms with Gasteiger partial charge in [0.1, 0.15) is 11.5 Å². The topological polar surface area (TPSA) is 35.5 Å².